The van der Waals surface area contributed by atoms with Crippen LogP contribution in [0.25, 0.3) is 0 Å². The maximum atomic E-state index is 12.3. The predicted octanol–water partition coefficient (Wildman–Crippen LogP) is 2.80. The van der Waals surface area contributed by atoms with Crippen LogP contribution in [0.2, 0.25) is 0 Å². The van der Waals surface area contributed by atoms with E-state index >= 15 is 0 Å². The highest BCUT2D eigenvalue weighted by molar-refractivity contribution is 14.1. The maximum absolute atomic E-state index is 12.3. The van der Waals surface area contributed by atoms with Crippen molar-refractivity contribution in [2.75, 3.05) is 0 Å². The first kappa shape index (κ1) is 10.8. The molecule has 0 unspecified atom stereocenters. The van der Waals surface area contributed by atoms with Crippen LogP contribution in [0.1, 0.15) is 11.1 Å². The van der Waals surface area contributed by atoms with Crippen molar-refractivity contribution in [3.8, 4) is 0 Å². The molecule has 0 aliphatic heterocycles. The molecular weight excluding hydrogens is 296 g/mol. The molecule has 0 spiro atoms. The molecule has 5 heteroatoms. The molecular formula is C8H6F3IO. The van der Waals surface area contributed by atoms with Crippen LogP contribution in [-0.4, -0.2) is 5.11 Å². The first-order valence-electron chi connectivity index (χ1n) is 3.41. The summed E-state index contributed by atoms with van der Waals surface area (Å²) < 4.78 is 37.0. The van der Waals surface area contributed by atoms with Gasteiger partial charge in [0.05, 0.1) is 12.2 Å². The van der Waals surface area contributed by atoms with Gasteiger partial charge in [-0.15, -0.1) is 0 Å². The molecule has 1 nitrogen and oxygen atoms in total. The second kappa shape index (κ2) is 3.83. The van der Waals surface area contributed by atoms with Crippen molar-refractivity contribution in [1.82, 2.24) is 0 Å². The van der Waals surface area contributed by atoms with Crippen LogP contribution in [0.15, 0.2) is 18.2 Å². The van der Waals surface area contributed by atoms with Crippen LogP contribution in [0.5, 0.6) is 0 Å². The fraction of sp³-hybridized carbons (Fsp3) is 0.250. The molecule has 1 rings (SSSR count). The standard InChI is InChI=1S/C8H6F3IO/c9-8(10,11)6-3-5(4-13)1-2-7(6)12/h1-3,13H,4H2. The van der Waals surface area contributed by atoms with Gasteiger partial charge in [-0.05, 0) is 40.3 Å². The first-order chi connectivity index (χ1) is 5.95. The molecule has 0 bridgehead atoms. The number of benzene rings is 1. The van der Waals surface area contributed by atoms with Gasteiger partial charge < -0.3 is 5.11 Å². The third-order valence-electron chi connectivity index (χ3n) is 1.52. The van der Waals surface area contributed by atoms with Crippen LogP contribution >= 0.6 is 22.6 Å². The van der Waals surface area contributed by atoms with Crippen molar-refractivity contribution in [1.29, 1.82) is 0 Å². The molecule has 0 radical (unpaired) electrons. The van der Waals surface area contributed by atoms with Gasteiger partial charge in [-0.25, -0.2) is 0 Å². The van der Waals surface area contributed by atoms with Gasteiger partial charge >= 0.3 is 6.18 Å². The van der Waals surface area contributed by atoms with Crippen molar-refractivity contribution in [3.05, 3.63) is 32.9 Å². The van der Waals surface area contributed by atoms with Gasteiger partial charge in [0.1, 0.15) is 0 Å². The van der Waals surface area contributed by atoms with Crippen molar-refractivity contribution < 1.29 is 18.3 Å². The fourth-order valence-corrected chi connectivity index (χ4v) is 1.53. The Balaban J connectivity index is 3.19. The van der Waals surface area contributed by atoms with E-state index in [0.29, 0.717) is 0 Å². The van der Waals surface area contributed by atoms with Crippen molar-refractivity contribution in [2.45, 2.75) is 12.8 Å². The van der Waals surface area contributed by atoms with E-state index in [2.05, 4.69) is 0 Å². The van der Waals surface area contributed by atoms with E-state index < -0.39 is 11.7 Å². The largest absolute Gasteiger partial charge is 0.417 e. The molecule has 72 valence electrons. The monoisotopic (exact) mass is 302 g/mol. The Morgan fingerprint density at radius 3 is 2.38 bits per heavy atom. The smallest absolute Gasteiger partial charge is 0.392 e. The van der Waals surface area contributed by atoms with Crippen LogP contribution < -0.4 is 0 Å². The number of rotatable bonds is 1. The molecule has 0 saturated heterocycles. The molecule has 0 amide bonds. The zero-order valence-electron chi connectivity index (χ0n) is 6.40. The summed E-state index contributed by atoms with van der Waals surface area (Å²) in [4.78, 5) is 0. The average Bonchev–Trinajstić information content (AvgIpc) is 2.03. The van der Waals surface area contributed by atoms with Gasteiger partial charge in [-0.3, -0.25) is 0 Å². The van der Waals surface area contributed by atoms with E-state index in [9.17, 15) is 13.2 Å². The van der Waals surface area contributed by atoms with E-state index in [4.69, 9.17) is 5.11 Å². The molecule has 0 aliphatic rings. The lowest BCUT2D eigenvalue weighted by atomic mass is 10.1. The third-order valence-corrected chi connectivity index (χ3v) is 2.46. The summed E-state index contributed by atoms with van der Waals surface area (Å²) in [7, 11) is 0. The summed E-state index contributed by atoms with van der Waals surface area (Å²) in [5.41, 5.74) is -0.424. The Labute approximate surface area is 86.7 Å². The Kier molecular flexibility index (Phi) is 3.18. The van der Waals surface area contributed by atoms with Crippen molar-refractivity contribution in [2.24, 2.45) is 0 Å². The summed E-state index contributed by atoms with van der Waals surface area (Å²) in [6.07, 6.45) is -4.35. The van der Waals surface area contributed by atoms with E-state index in [-0.39, 0.29) is 15.7 Å². The molecule has 0 heterocycles. The quantitative estimate of drug-likeness (QED) is 0.791. The summed E-state index contributed by atoms with van der Waals surface area (Å²) >= 11 is 1.62. The van der Waals surface area contributed by atoms with E-state index in [1.54, 1.807) is 22.6 Å². The van der Waals surface area contributed by atoms with Gasteiger partial charge in [-0.1, -0.05) is 6.07 Å². The van der Waals surface area contributed by atoms with Crippen molar-refractivity contribution in [3.63, 3.8) is 0 Å². The molecule has 0 saturated carbocycles. The maximum Gasteiger partial charge on any atom is 0.417 e. The minimum absolute atomic E-state index is 0.141. The molecule has 0 atom stereocenters. The predicted molar refractivity (Wildman–Crippen MR) is 50.1 cm³/mol. The van der Waals surface area contributed by atoms with Gasteiger partial charge in [0.15, 0.2) is 0 Å². The molecule has 1 aromatic rings. The zero-order chi connectivity index (χ0) is 10.1. The highest BCUT2D eigenvalue weighted by Crippen LogP contribution is 2.33. The minimum Gasteiger partial charge on any atom is -0.392 e. The minimum atomic E-state index is -4.35. The number of hydrogen-bond donors (Lipinski definition) is 1. The third kappa shape index (κ3) is 2.57. The fourth-order valence-electron chi connectivity index (χ4n) is 0.888. The highest BCUT2D eigenvalue weighted by atomic mass is 127. The normalized spacial score (nSPS) is 11.8. The number of alkyl halides is 3. The zero-order valence-corrected chi connectivity index (χ0v) is 8.56. The van der Waals surface area contributed by atoms with Crippen molar-refractivity contribution >= 4 is 22.6 Å². The summed E-state index contributed by atoms with van der Waals surface area (Å²) in [5, 5.41) is 8.65. The molecule has 0 aromatic heterocycles. The second-order valence-corrected chi connectivity index (χ2v) is 3.63. The van der Waals surface area contributed by atoms with Gasteiger partial charge in [0.2, 0.25) is 0 Å². The Morgan fingerprint density at radius 2 is 1.92 bits per heavy atom. The Hall–Kier alpha value is -0.300. The second-order valence-electron chi connectivity index (χ2n) is 2.47. The van der Waals surface area contributed by atoms with Gasteiger partial charge in [0.25, 0.3) is 0 Å². The number of aliphatic hydroxyl groups excluding tert-OH is 1. The first-order valence-corrected chi connectivity index (χ1v) is 4.49. The van der Waals surface area contributed by atoms with Gasteiger partial charge in [0, 0.05) is 3.57 Å². The topological polar surface area (TPSA) is 20.2 Å². The van der Waals surface area contributed by atoms with E-state index in [0.717, 1.165) is 6.07 Å². The molecule has 1 N–H and O–H groups in total. The Bertz CT molecular complexity index is 309. The lowest BCUT2D eigenvalue weighted by Crippen LogP contribution is -2.08. The summed E-state index contributed by atoms with van der Waals surface area (Å²) in [6.45, 7) is -0.375. The lowest BCUT2D eigenvalue weighted by Gasteiger charge is -2.09. The Morgan fingerprint density at radius 1 is 1.31 bits per heavy atom. The summed E-state index contributed by atoms with van der Waals surface area (Å²) in [6, 6.07) is 3.77. The highest BCUT2D eigenvalue weighted by Gasteiger charge is 2.32. The number of halogens is 4. The van der Waals surface area contributed by atoms with E-state index in [1.807, 2.05) is 0 Å². The molecule has 1 aromatic carbocycles. The average molecular weight is 302 g/mol. The van der Waals surface area contributed by atoms with E-state index in [1.165, 1.54) is 12.1 Å². The van der Waals surface area contributed by atoms with Crippen LogP contribution in [0, 0.1) is 3.57 Å². The SMILES string of the molecule is OCc1ccc(I)c(C(F)(F)F)c1. The lowest BCUT2D eigenvalue weighted by molar-refractivity contribution is -0.138. The number of hydrogen-bond acceptors (Lipinski definition) is 1. The molecule has 13 heavy (non-hydrogen) atoms. The van der Waals surface area contributed by atoms with Crippen LogP contribution in [0.4, 0.5) is 13.2 Å². The molecule has 0 aliphatic carbocycles. The summed E-state index contributed by atoms with van der Waals surface area (Å²) in [5.74, 6) is 0. The molecule has 0 fully saturated rings. The van der Waals surface area contributed by atoms with Crippen LogP contribution in [0.3, 0.4) is 0 Å². The number of aliphatic hydroxyl groups is 1. The van der Waals surface area contributed by atoms with Gasteiger partial charge in [-0.2, -0.15) is 13.2 Å². The van der Waals surface area contributed by atoms with Crippen LogP contribution in [-0.2, 0) is 12.8 Å².